The molecule has 0 bridgehead atoms. The summed E-state index contributed by atoms with van der Waals surface area (Å²) in [6.07, 6.45) is 1.08. The molecule has 0 aliphatic carbocycles. The van der Waals surface area contributed by atoms with Gasteiger partial charge in [0.25, 0.3) is 0 Å². The molecule has 0 unspecified atom stereocenters. The van der Waals surface area contributed by atoms with Gasteiger partial charge in [0.1, 0.15) is 5.82 Å². The first kappa shape index (κ1) is 10.2. The Bertz CT molecular complexity index is 404. The summed E-state index contributed by atoms with van der Waals surface area (Å²) >= 11 is 0. The largest absolute Gasteiger partial charge is 0.259 e. The van der Waals surface area contributed by atoms with Crippen LogP contribution in [0, 0.1) is 27.6 Å². The Morgan fingerprint density at radius 1 is 1.29 bits per heavy atom. The third-order valence-corrected chi connectivity index (χ3v) is 1.40. The van der Waals surface area contributed by atoms with E-state index in [1.54, 1.807) is 0 Å². The first-order chi connectivity index (χ1) is 6.50. The summed E-state index contributed by atoms with van der Waals surface area (Å²) in [5.41, 5.74) is -0.501. The minimum Gasteiger partial charge on any atom is -0.259 e. The summed E-state index contributed by atoms with van der Waals surface area (Å²) in [4.78, 5) is 9.00. The molecule has 0 saturated carbocycles. The van der Waals surface area contributed by atoms with Crippen molar-refractivity contribution in [3.05, 3.63) is 51.5 Å². The van der Waals surface area contributed by atoms with Crippen molar-refractivity contribution in [3.8, 4) is 0 Å². The molecule has 0 saturated heterocycles. The molecule has 6 heteroatoms. The minimum absolute atomic E-state index is 0.360. The average molecular weight is 203 g/mol. The summed E-state index contributed by atoms with van der Waals surface area (Å²) in [6.45, 7) is 0. The maximum Gasteiger partial charge on any atom is 0.235 e. The van der Waals surface area contributed by atoms with E-state index in [0.717, 1.165) is 0 Å². The third-order valence-electron chi connectivity index (χ3n) is 1.40. The number of rotatable bonds is 2. The van der Waals surface area contributed by atoms with Crippen LogP contribution in [0.2, 0.25) is 0 Å². The van der Waals surface area contributed by atoms with Gasteiger partial charge in [-0.1, -0.05) is 0 Å². The van der Waals surface area contributed by atoms with Gasteiger partial charge in [-0.25, -0.2) is 13.2 Å². The van der Waals surface area contributed by atoms with E-state index < -0.39 is 27.9 Å². The quantitative estimate of drug-likeness (QED) is 0.420. The molecule has 0 aliphatic heterocycles. The zero-order valence-electron chi connectivity index (χ0n) is 6.71. The smallest absolute Gasteiger partial charge is 0.235 e. The molecule has 0 amide bonds. The third kappa shape index (κ3) is 2.32. The van der Waals surface area contributed by atoms with Crippen molar-refractivity contribution in [2.75, 3.05) is 0 Å². The lowest BCUT2D eigenvalue weighted by molar-refractivity contribution is -0.400. The number of hydrogen-bond donors (Lipinski definition) is 0. The highest BCUT2D eigenvalue weighted by Crippen LogP contribution is 2.15. The van der Waals surface area contributed by atoms with Crippen LogP contribution in [0.4, 0.5) is 13.2 Å². The van der Waals surface area contributed by atoms with Gasteiger partial charge in [-0.15, -0.1) is 0 Å². The SMILES string of the molecule is O=[N+]([O-])/C=C/c1cc(F)cc(F)c1F. The molecular formula is C8H4F3NO2. The zero-order valence-corrected chi connectivity index (χ0v) is 6.71. The van der Waals surface area contributed by atoms with Gasteiger partial charge in [0.2, 0.25) is 6.20 Å². The highest BCUT2D eigenvalue weighted by Gasteiger charge is 2.09. The van der Waals surface area contributed by atoms with Crippen LogP contribution in [0.1, 0.15) is 5.56 Å². The second-order valence-corrected chi connectivity index (χ2v) is 2.39. The van der Waals surface area contributed by atoms with Crippen LogP contribution >= 0.6 is 0 Å². The average Bonchev–Trinajstić information content (AvgIpc) is 2.08. The van der Waals surface area contributed by atoms with E-state index in [9.17, 15) is 23.3 Å². The minimum atomic E-state index is -1.38. The number of hydrogen-bond acceptors (Lipinski definition) is 2. The van der Waals surface area contributed by atoms with Gasteiger partial charge in [-0.2, -0.15) is 0 Å². The fraction of sp³-hybridized carbons (Fsp3) is 0. The van der Waals surface area contributed by atoms with E-state index in [2.05, 4.69) is 0 Å². The molecule has 0 fully saturated rings. The Labute approximate surface area is 76.6 Å². The van der Waals surface area contributed by atoms with Crippen LogP contribution in [0.5, 0.6) is 0 Å². The van der Waals surface area contributed by atoms with Crippen molar-refractivity contribution in [2.24, 2.45) is 0 Å². The fourth-order valence-electron chi connectivity index (χ4n) is 0.838. The Balaban J connectivity index is 3.14. The van der Waals surface area contributed by atoms with Gasteiger partial charge in [0.05, 0.1) is 4.92 Å². The first-order valence-corrected chi connectivity index (χ1v) is 3.47. The first-order valence-electron chi connectivity index (χ1n) is 3.47. The van der Waals surface area contributed by atoms with E-state index in [1.165, 1.54) is 0 Å². The molecule has 0 atom stereocenters. The molecule has 0 aliphatic rings. The number of halogens is 3. The van der Waals surface area contributed by atoms with Crippen LogP contribution in [-0.2, 0) is 0 Å². The van der Waals surface area contributed by atoms with Gasteiger partial charge < -0.3 is 0 Å². The molecule has 0 heterocycles. The monoisotopic (exact) mass is 203 g/mol. The lowest BCUT2D eigenvalue weighted by Crippen LogP contribution is -1.92. The summed E-state index contributed by atoms with van der Waals surface area (Å²) in [7, 11) is 0. The Kier molecular flexibility index (Phi) is 2.85. The predicted octanol–water partition coefficient (Wildman–Crippen LogP) is 2.35. The van der Waals surface area contributed by atoms with Crippen LogP contribution in [-0.4, -0.2) is 4.92 Å². The van der Waals surface area contributed by atoms with Gasteiger partial charge in [0, 0.05) is 17.7 Å². The van der Waals surface area contributed by atoms with E-state index in [0.29, 0.717) is 24.4 Å². The van der Waals surface area contributed by atoms with Crippen LogP contribution < -0.4 is 0 Å². The van der Waals surface area contributed by atoms with Gasteiger partial charge in [0.15, 0.2) is 11.6 Å². The molecule has 74 valence electrons. The highest BCUT2D eigenvalue weighted by atomic mass is 19.2. The number of nitro groups is 1. The molecule has 1 aromatic rings. The Morgan fingerprint density at radius 2 is 1.93 bits per heavy atom. The van der Waals surface area contributed by atoms with Crippen LogP contribution in [0.3, 0.4) is 0 Å². The molecule has 0 radical (unpaired) electrons. The molecule has 3 nitrogen and oxygen atoms in total. The lowest BCUT2D eigenvalue weighted by Gasteiger charge is -1.97. The van der Waals surface area contributed by atoms with E-state index >= 15 is 0 Å². The molecule has 1 rings (SSSR count). The lowest BCUT2D eigenvalue weighted by atomic mass is 10.2. The van der Waals surface area contributed by atoms with E-state index in [1.807, 2.05) is 0 Å². The number of nitrogens with zero attached hydrogens (tertiary/aromatic N) is 1. The number of benzene rings is 1. The van der Waals surface area contributed by atoms with Crippen molar-refractivity contribution in [2.45, 2.75) is 0 Å². The van der Waals surface area contributed by atoms with Crippen molar-refractivity contribution in [1.29, 1.82) is 0 Å². The zero-order chi connectivity index (χ0) is 10.7. The van der Waals surface area contributed by atoms with Gasteiger partial charge >= 0.3 is 0 Å². The van der Waals surface area contributed by atoms with Crippen molar-refractivity contribution < 1.29 is 18.1 Å². The fourth-order valence-corrected chi connectivity index (χ4v) is 0.838. The van der Waals surface area contributed by atoms with E-state index in [-0.39, 0.29) is 0 Å². The molecule has 0 spiro atoms. The van der Waals surface area contributed by atoms with Crippen LogP contribution in [0.15, 0.2) is 18.3 Å². The van der Waals surface area contributed by atoms with Gasteiger partial charge in [-0.05, 0) is 6.07 Å². The van der Waals surface area contributed by atoms with E-state index in [4.69, 9.17) is 0 Å². The predicted molar refractivity (Wildman–Crippen MR) is 42.3 cm³/mol. The second kappa shape index (κ2) is 3.91. The summed E-state index contributed by atoms with van der Waals surface area (Å²) in [5, 5.41) is 9.86. The standard InChI is InChI=1S/C8H4F3NO2/c9-6-3-5(1-2-12(13)14)8(11)7(10)4-6/h1-4H/b2-1+. The molecule has 1 aromatic carbocycles. The summed E-state index contributed by atoms with van der Waals surface area (Å²) in [6, 6.07) is 1.03. The molecular weight excluding hydrogens is 199 g/mol. The Hall–Kier alpha value is -1.85. The Morgan fingerprint density at radius 3 is 2.50 bits per heavy atom. The molecule has 14 heavy (non-hydrogen) atoms. The van der Waals surface area contributed by atoms with Crippen molar-refractivity contribution in [1.82, 2.24) is 0 Å². The van der Waals surface area contributed by atoms with Crippen molar-refractivity contribution in [3.63, 3.8) is 0 Å². The second-order valence-electron chi connectivity index (χ2n) is 2.39. The normalized spacial score (nSPS) is 10.8. The molecule has 0 aromatic heterocycles. The topological polar surface area (TPSA) is 43.1 Å². The summed E-state index contributed by atoms with van der Waals surface area (Å²) in [5.74, 6) is -3.69. The van der Waals surface area contributed by atoms with Crippen molar-refractivity contribution >= 4 is 6.08 Å². The van der Waals surface area contributed by atoms with Gasteiger partial charge in [-0.3, -0.25) is 10.1 Å². The summed E-state index contributed by atoms with van der Waals surface area (Å²) < 4.78 is 37.9. The van der Waals surface area contributed by atoms with Crippen LogP contribution in [0.25, 0.3) is 6.08 Å². The maximum absolute atomic E-state index is 12.8. The molecule has 0 N–H and O–H groups in total. The highest BCUT2D eigenvalue weighted by molar-refractivity contribution is 5.49. The maximum atomic E-state index is 12.8.